The standard InChI is InChI=1S/C14H15F2N3O2S/c1-2-3-4-21-9-5-11(15)10(12(16)6-9)7-17-19-14-18-13(20)8-22-14/h5-7H,2-4,8H2,1H3,(H,18,19,20). The third-order valence-corrected chi connectivity index (χ3v) is 3.60. The number of carbonyl (C=O) groups is 1. The van der Waals surface area contributed by atoms with Gasteiger partial charge in [0, 0.05) is 12.1 Å². The fraction of sp³-hybridized carbons (Fsp3) is 0.357. The Hall–Kier alpha value is -1.96. The number of rotatable bonds is 6. The molecular formula is C14H15F2N3O2S. The summed E-state index contributed by atoms with van der Waals surface area (Å²) < 4.78 is 33.0. The normalized spacial score (nSPS) is 16.5. The van der Waals surface area contributed by atoms with Crippen LogP contribution in [-0.4, -0.2) is 29.6 Å². The molecule has 1 amide bonds. The number of nitrogens with zero attached hydrogens (tertiary/aromatic N) is 2. The second kappa shape index (κ2) is 7.88. The maximum atomic E-state index is 13.8. The minimum absolute atomic E-state index is 0.144. The lowest BCUT2D eigenvalue weighted by molar-refractivity contribution is -0.116. The topological polar surface area (TPSA) is 63.1 Å². The average Bonchev–Trinajstić information content (AvgIpc) is 2.88. The Balaban J connectivity index is 2.06. The molecule has 0 saturated carbocycles. The van der Waals surface area contributed by atoms with E-state index in [4.69, 9.17) is 4.74 Å². The van der Waals surface area contributed by atoms with Gasteiger partial charge >= 0.3 is 0 Å². The van der Waals surface area contributed by atoms with Gasteiger partial charge in [-0.15, -0.1) is 5.10 Å². The van der Waals surface area contributed by atoms with E-state index in [0.717, 1.165) is 31.2 Å². The van der Waals surface area contributed by atoms with Crippen molar-refractivity contribution in [3.8, 4) is 5.75 Å². The number of carbonyl (C=O) groups excluding carboxylic acids is 1. The molecule has 1 aromatic rings. The van der Waals surface area contributed by atoms with Crippen LogP contribution >= 0.6 is 11.8 Å². The Morgan fingerprint density at radius 1 is 1.41 bits per heavy atom. The molecule has 2 rings (SSSR count). The third kappa shape index (κ3) is 4.52. The smallest absolute Gasteiger partial charge is 0.236 e. The summed E-state index contributed by atoms with van der Waals surface area (Å²) in [6.07, 6.45) is 2.72. The summed E-state index contributed by atoms with van der Waals surface area (Å²) in [7, 11) is 0. The molecule has 1 N–H and O–H groups in total. The van der Waals surface area contributed by atoms with E-state index in [1.54, 1.807) is 0 Å². The molecule has 1 saturated heterocycles. The van der Waals surface area contributed by atoms with E-state index in [2.05, 4.69) is 15.5 Å². The molecule has 0 aromatic heterocycles. The van der Waals surface area contributed by atoms with Gasteiger partial charge in [-0.05, 0) is 6.42 Å². The molecule has 5 nitrogen and oxygen atoms in total. The maximum Gasteiger partial charge on any atom is 0.236 e. The SMILES string of the molecule is CCCCOc1cc(F)c(C=NN=C2NC(=O)CS2)c(F)c1. The number of nitrogens with one attached hydrogen (secondary N) is 1. The molecule has 0 bridgehead atoms. The van der Waals surface area contributed by atoms with Gasteiger partial charge in [0.25, 0.3) is 0 Å². The van der Waals surface area contributed by atoms with Crippen molar-refractivity contribution < 1.29 is 18.3 Å². The summed E-state index contributed by atoms with van der Waals surface area (Å²) >= 11 is 1.18. The van der Waals surface area contributed by atoms with E-state index in [0.29, 0.717) is 11.8 Å². The molecule has 0 unspecified atom stereocenters. The summed E-state index contributed by atoms with van der Waals surface area (Å²) in [6, 6.07) is 2.22. The highest BCUT2D eigenvalue weighted by molar-refractivity contribution is 8.15. The van der Waals surface area contributed by atoms with Gasteiger partial charge in [-0.3, -0.25) is 4.79 Å². The lowest BCUT2D eigenvalue weighted by Crippen LogP contribution is -2.19. The van der Waals surface area contributed by atoms with Crippen LogP contribution in [0, 0.1) is 11.6 Å². The molecule has 1 aliphatic heterocycles. The Kier molecular flexibility index (Phi) is 5.88. The zero-order chi connectivity index (χ0) is 15.9. The van der Waals surface area contributed by atoms with Crippen LogP contribution in [-0.2, 0) is 4.79 Å². The van der Waals surface area contributed by atoms with Crippen molar-refractivity contribution in [3.05, 3.63) is 29.3 Å². The Bertz CT molecular complexity index is 597. The summed E-state index contributed by atoms with van der Waals surface area (Å²) in [4.78, 5) is 10.9. The van der Waals surface area contributed by atoms with E-state index in [-0.39, 0.29) is 23.0 Å². The van der Waals surface area contributed by atoms with Crippen LogP contribution in [0.1, 0.15) is 25.3 Å². The molecule has 8 heteroatoms. The first-order valence-corrected chi connectivity index (χ1v) is 7.74. The first-order valence-electron chi connectivity index (χ1n) is 6.75. The van der Waals surface area contributed by atoms with Gasteiger partial charge in [0.2, 0.25) is 5.91 Å². The fourth-order valence-corrected chi connectivity index (χ4v) is 2.25. The van der Waals surface area contributed by atoms with Gasteiger partial charge in [0.05, 0.1) is 24.1 Å². The molecular weight excluding hydrogens is 312 g/mol. The minimum atomic E-state index is -0.779. The summed E-state index contributed by atoms with van der Waals surface area (Å²) in [5, 5.41) is 10.0. The van der Waals surface area contributed by atoms with Crippen molar-refractivity contribution in [1.29, 1.82) is 0 Å². The van der Waals surface area contributed by atoms with Crippen molar-refractivity contribution in [2.45, 2.75) is 19.8 Å². The molecule has 1 aliphatic rings. The lowest BCUT2D eigenvalue weighted by atomic mass is 10.2. The number of hydrogen-bond acceptors (Lipinski definition) is 5. The second-order valence-electron chi connectivity index (χ2n) is 4.49. The van der Waals surface area contributed by atoms with Gasteiger partial charge in [-0.25, -0.2) is 8.78 Å². The van der Waals surface area contributed by atoms with Crippen LogP contribution in [0.5, 0.6) is 5.75 Å². The number of benzene rings is 1. The van der Waals surface area contributed by atoms with E-state index in [1.165, 1.54) is 11.8 Å². The third-order valence-electron chi connectivity index (χ3n) is 2.74. The summed E-state index contributed by atoms with van der Waals surface area (Å²) in [5.41, 5.74) is -0.304. The molecule has 22 heavy (non-hydrogen) atoms. The van der Waals surface area contributed by atoms with E-state index >= 15 is 0 Å². The van der Waals surface area contributed by atoms with Crippen molar-refractivity contribution in [3.63, 3.8) is 0 Å². The molecule has 118 valence electrons. The summed E-state index contributed by atoms with van der Waals surface area (Å²) in [6.45, 7) is 2.41. The highest BCUT2D eigenvalue weighted by atomic mass is 32.2. The Morgan fingerprint density at radius 3 is 2.73 bits per heavy atom. The zero-order valence-corrected chi connectivity index (χ0v) is 12.8. The van der Waals surface area contributed by atoms with E-state index in [9.17, 15) is 13.6 Å². The van der Waals surface area contributed by atoms with Crippen LogP contribution in [0.15, 0.2) is 22.3 Å². The molecule has 0 spiro atoms. The Labute approximate surface area is 130 Å². The van der Waals surface area contributed by atoms with Crippen molar-refractivity contribution in [2.75, 3.05) is 12.4 Å². The van der Waals surface area contributed by atoms with Gasteiger partial charge in [0.1, 0.15) is 17.4 Å². The maximum absolute atomic E-state index is 13.8. The molecule has 0 atom stereocenters. The van der Waals surface area contributed by atoms with Crippen LogP contribution in [0.4, 0.5) is 8.78 Å². The van der Waals surface area contributed by atoms with Gasteiger partial charge < -0.3 is 10.1 Å². The van der Waals surface area contributed by atoms with Crippen molar-refractivity contribution in [2.24, 2.45) is 10.2 Å². The monoisotopic (exact) mass is 327 g/mol. The highest BCUT2D eigenvalue weighted by Gasteiger charge is 2.16. The van der Waals surface area contributed by atoms with Crippen LogP contribution in [0.25, 0.3) is 0 Å². The van der Waals surface area contributed by atoms with E-state index < -0.39 is 11.6 Å². The van der Waals surface area contributed by atoms with Gasteiger partial charge in [-0.1, -0.05) is 25.1 Å². The number of halogens is 2. The quantitative estimate of drug-likeness (QED) is 0.496. The van der Waals surface area contributed by atoms with Crippen LogP contribution in [0.2, 0.25) is 0 Å². The highest BCUT2D eigenvalue weighted by Crippen LogP contribution is 2.20. The number of thioether (sulfide) groups is 1. The molecule has 0 radical (unpaired) electrons. The largest absolute Gasteiger partial charge is 0.493 e. The first-order chi connectivity index (χ1) is 10.6. The number of hydrogen-bond donors (Lipinski definition) is 1. The lowest BCUT2D eigenvalue weighted by Gasteiger charge is -2.07. The molecule has 1 aromatic carbocycles. The fourth-order valence-electron chi connectivity index (χ4n) is 1.62. The predicted molar refractivity (Wildman–Crippen MR) is 82.4 cm³/mol. The van der Waals surface area contributed by atoms with Crippen molar-refractivity contribution in [1.82, 2.24) is 5.32 Å². The van der Waals surface area contributed by atoms with Crippen LogP contribution < -0.4 is 10.1 Å². The predicted octanol–water partition coefficient (Wildman–Crippen LogP) is 2.70. The summed E-state index contributed by atoms with van der Waals surface area (Å²) in [5.74, 6) is -1.33. The second-order valence-corrected chi connectivity index (χ2v) is 5.45. The van der Waals surface area contributed by atoms with Gasteiger partial charge in [0.15, 0.2) is 5.17 Å². The number of amides is 1. The van der Waals surface area contributed by atoms with E-state index in [1.807, 2.05) is 6.92 Å². The number of unbranched alkanes of at least 4 members (excludes halogenated alkanes) is 1. The Morgan fingerprint density at radius 2 is 2.14 bits per heavy atom. The molecule has 1 heterocycles. The van der Waals surface area contributed by atoms with Crippen molar-refractivity contribution >= 4 is 29.1 Å². The van der Waals surface area contributed by atoms with Crippen LogP contribution in [0.3, 0.4) is 0 Å². The van der Waals surface area contributed by atoms with Gasteiger partial charge in [-0.2, -0.15) is 5.10 Å². The first kappa shape index (κ1) is 16.4. The number of amidine groups is 1. The minimum Gasteiger partial charge on any atom is -0.493 e. The zero-order valence-electron chi connectivity index (χ0n) is 11.9. The average molecular weight is 327 g/mol. The number of ether oxygens (including phenoxy) is 1. The molecule has 1 fully saturated rings. The molecule has 0 aliphatic carbocycles.